The number of sulfonamides is 2. The molecule has 3 aromatic rings. The third kappa shape index (κ3) is 5.73. The lowest BCUT2D eigenvalue weighted by atomic mass is 10.2. The molecule has 0 spiro atoms. The van der Waals surface area contributed by atoms with Gasteiger partial charge in [-0.05, 0) is 38.5 Å². The van der Waals surface area contributed by atoms with E-state index in [0.29, 0.717) is 0 Å². The summed E-state index contributed by atoms with van der Waals surface area (Å²) in [4.78, 5) is -0.446. The van der Waals surface area contributed by atoms with Crippen LogP contribution in [0.4, 0.5) is 26.3 Å². The van der Waals surface area contributed by atoms with E-state index >= 15 is 0 Å². The molecule has 0 saturated carbocycles. The summed E-state index contributed by atoms with van der Waals surface area (Å²) < 4.78 is 133. The Morgan fingerprint density at radius 2 is 0.946 bits per heavy atom. The van der Waals surface area contributed by atoms with E-state index < -0.39 is 66.5 Å². The number of alkyl halides is 6. The van der Waals surface area contributed by atoms with E-state index in [2.05, 4.69) is 0 Å². The van der Waals surface area contributed by atoms with Gasteiger partial charge in [0.15, 0.2) is 0 Å². The highest BCUT2D eigenvalue weighted by Crippen LogP contribution is 2.68. The van der Waals surface area contributed by atoms with E-state index in [0.717, 1.165) is 24.3 Å². The van der Waals surface area contributed by atoms with Crippen molar-refractivity contribution in [1.29, 1.82) is 0 Å². The number of phenolic OH excluding ortho intramolecular Hbond substituents is 1. The van der Waals surface area contributed by atoms with E-state index in [-0.39, 0.29) is 11.1 Å². The van der Waals surface area contributed by atoms with Crippen molar-refractivity contribution in [2.75, 3.05) is 0 Å². The Morgan fingerprint density at radius 3 is 1.27 bits per heavy atom. The fraction of sp³-hybridized carbons (Fsp3) is 0.182. The number of rotatable bonds is 8. The van der Waals surface area contributed by atoms with Crippen molar-refractivity contribution in [2.24, 2.45) is 0 Å². The van der Waals surface area contributed by atoms with Crippen LogP contribution in [0.1, 0.15) is 11.1 Å². The standard InChI is InChI=1S/C22H19F6NO5S3/c23-21(24,25)36(31,32)29(37(33,34)22(26,27)28)35(15-17-7-3-1-4-8-17,16-18-9-5-2-6-10-18)20-13-11-19(30)12-14-20/h1-14,30H,15-16H2. The first-order valence-corrected chi connectivity index (χ1v) is 14.9. The number of nitrogens with zero attached hydrogens (tertiary/aromatic N) is 1. The molecule has 3 rings (SSSR count). The summed E-state index contributed by atoms with van der Waals surface area (Å²) in [6, 6.07) is 17.7. The molecule has 0 aromatic heterocycles. The fourth-order valence-electron chi connectivity index (χ4n) is 3.48. The first-order valence-electron chi connectivity index (χ1n) is 10.1. The van der Waals surface area contributed by atoms with Crippen LogP contribution in [0.5, 0.6) is 5.75 Å². The molecule has 0 aliphatic heterocycles. The van der Waals surface area contributed by atoms with Gasteiger partial charge in [0.2, 0.25) is 0 Å². The molecular formula is C22H19F6NO5S3. The molecule has 0 atom stereocenters. The van der Waals surface area contributed by atoms with Crippen LogP contribution < -0.4 is 0 Å². The van der Waals surface area contributed by atoms with E-state index in [1.165, 1.54) is 60.7 Å². The van der Waals surface area contributed by atoms with Crippen LogP contribution in [-0.2, 0) is 31.6 Å². The van der Waals surface area contributed by atoms with E-state index in [4.69, 9.17) is 0 Å². The number of aromatic hydroxyl groups is 1. The molecule has 15 heteroatoms. The van der Waals surface area contributed by atoms with Crippen LogP contribution in [0.15, 0.2) is 89.8 Å². The largest absolute Gasteiger partial charge is 0.513 e. The molecule has 0 aliphatic rings. The van der Waals surface area contributed by atoms with Gasteiger partial charge < -0.3 is 5.11 Å². The van der Waals surface area contributed by atoms with E-state index in [9.17, 15) is 48.3 Å². The SMILES string of the molecule is O=S(=O)(N(S(Cc1ccccc1)(Cc1ccccc1)c1ccc(O)cc1)S(=O)(=O)C(F)(F)F)C(F)(F)F. The summed E-state index contributed by atoms with van der Waals surface area (Å²) in [7, 11) is -18.6. The Balaban J connectivity index is 2.54. The highest BCUT2D eigenvalue weighted by Gasteiger charge is 2.66. The van der Waals surface area contributed by atoms with Gasteiger partial charge in [-0.2, -0.15) is 26.3 Å². The minimum Gasteiger partial charge on any atom is -0.508 e. The summed E-state index contributed by atoms with van der Waals surface area (Å²) in [5.41, 5.74) is -12.6. The van der Waals surface area contributed by atoms with Crippen LogP contribution in [-0.4, -0.2) is 36.1 Å². The molecule has 0 saturated heterocycles. The molecule has 37 heavy (non-hydrogen) atoms. The summed E-state index contributed by atoms with van der Waals surface area (Å²) in [5, 5.41) is 9.72. The Hall–Kier alpha value is -2.75. The molecule has 0 aliphatic carbocycles. The monoisotopic (exact) mass is 587 g/mol. The minimum absolute atomic E-state index is 0.0845. The third-order valence-electron chi connectivity index (χ3n) is 5.03. The first kappa shape index (κ1) is 28.8. The van der Waals surface area contributed by atoms with Crippen molar-refractivity contribution < 1.29 is 48.3 Å². The van der Waals surface area contributed by atoms with Gasteiger partial charge in [0.05, 0.1) is 0 Å². The van der Waals surface area contributed by atoms with Gasteiger partial charge in [0.25, 0.3) is 0 Å². The summed E-state index contributed by atoms with van der Waals surface area (Å²) >= 11 is 0. The molecule has 0 amide bonds. The van der Waals surface area contributed by atoms with Gasteiger partial charge in [-0.15, -0.1) is 10.2 Å². The number of halogens is 6. The van der Waals surface area contributed by atoms with Crippen LogP contribution >= 0.6 is 10.2 Å². The number of benzene rings is 3. The molecule has 202 valence electrons. The Bertz CT molecular complexity index is 1340. The summed E-state index contributed by atoms with van der Waals surface area (Å²) in [6.07, 6.45) is 0. The molecule has 6 nitrogen and oxygen atoms in total. The van der Waals surface area contributed by atoms with E-state index in [1.54, 1.807) is 0 Å². The molecule has 0 unspecified atom stereocenters. The molecule has 3 aromatic carbocycles. The van der Waals surface area contributed by atoms with Gasteiger partial charge in [-0.3, -0.25) is 0 Å². The maximum absolute atomic E-state index is 13.9. The molecule has 0 radical (unpaired) electrons. The van der Waals surface area contributed by atoms with Crippen molar-refractivity contribution in [3.8, 4) is 5.75 Å². The molecule has 1 N–H and O–H groups in total. The topological polar surface area (TPSA) is 91.8 Å². The third-order valence-corrected chi connectivity index (χ3v) is 14.4. The fourth-order valence-corrected chi connectivity index (χ4v) is 13.0. The van der Waals surface area contributed by atoms with Crippen molar-refractivity contribution in [3.63, 3.8) is 0 Å². The Morgan fingerprint density at radius 1 is 0.595 bits per heavy atom. The first-order chi connectivity index (χ1) is 17.0. The molecular weight excluding hydrogens is 568 g/mol. The quantitative estimate of drug-likeness (QED) is 0.333. The van der Waals surface area contributed by atoms with Crippen LogP contribution in [0.2, 0.25) is 0 Å². The highest BCUT2D eigenvalue weighted by atomic mass is 32.4. The average Bonchev–Trinajstić information content (AvgIpc) is 2.79. The zero-order valence-corrected chi connectivity index (χ0v) is 21.0. The van der Waals surface area contributed by atoms with E-state index in [1.807, 2.05) is 0 Å². The van der Waals surface area contributed by atoms with Crippen LogP contribution in [0, 0.1) is 0 Å². The average molecular weight is 588 g/mol. The number of hydrogen-bond donors (Lipinski definition) is 1. The summed E-state index contributed by atoms with van der Waals surface area (Å²) in [5.74, 6) is -2.07. The van der Waals surface area contributed by atoms with Gasteiger partial charge in [-0.1, -0.05) is 60.7 Å². The second-order valence-corrected chi connectivity index (χ2v) is 15.0. The minimum atomic E-state index is -7.14. The highest BCUT2D eigenvalue weighted by molar-refractivity contribution is 8.40. The van der Waals surface area contributed by atoms with Crippen molar-refractivity contribution in [2.45, 2.75) is 27.4 Å². The number of phenols is 1. The molecule has 0 fully saturated rings. The zero-order chi connectivity index (χ0) is 27.7. The summed E-state index contributed by atoms with van der Waals surface area (Å²) in [6.45, 7) is 0. The van der Waals surface area contributed by atoms with Crippen LogP contribution in [0.25, 0.3) is 0 Å². The number of hydrogen-bond acceptors (Lipinski definition) is 5. The Labute approximate surface area is 210 Å². The van der Waals surface area contributed by atoms with Crippen molar-refractivity contribution >= 4 is 30.3 Å². The molecule has 0 heterocycles. The lowest BCUT2D eigenvalue weighted by molar-refractivity contribution is -0.0505. The maximum atomic E-state index is 13.9. The van der Waals surface area contributed by atoms with Gasteiger partial charge in [0.1, 0.15) is 5.75 Å². The van der Waals surface area contributed by atoms with Crippen molar-refractivity contribution in [1.82, 2.24) is 3.12 Å². The second kappa shape index (κ2) is 10.2. The van der Waals surface area contributed by atoms with Gasteiger partial charge >= 0.3 is 31.1 Å². The van der Waals surface area contributed by atoms with Crippen molar-refractivity contribution in [3.05, 3.63) is 96.1 Å². The van der Waals surface area contributed by atoms with Gasteiger partial charge in [-0.25, -0.2) is 16.8 Å². The Kier molecular flexibility index (Phi) is 7.94. The van der Waals surface area contributed by atoms with Gasteiger partial charge in [0, 0.05) is 16.4 Å². The lowest BCUT2D eigenvalue weighted by Crippen LogP contribution is -2.50. The predicted molar refractivity (Wildman–Crippen MR) is 126 cm³/mol. The van der Waals surface area contributed by atoms with Crippen LogP contribution in [0.3, 0.4) is 0 Å². The predicted octanol–water partition coefficient (Wildman–Crippen LogP) is 5.87. The second-order valence-electron chi connectivity index (χ2n) is 7.66. The molecule has 0 bridgehead atoms. The smallest absolute Gasteiger partial charge is 0.508 e. The maximum Gasteiger partial charge on any atom is 0.513 e. The normalized spacial score (nSPS) is 14.0. The zero-order valence-electron chi connectivity index (χ0n) is 18.5. The lowest BCUT2D eigenvalue weighted by Gasteiger charge is -2.47.